The average molecular weight is 173 g/mol. The van der Waals surface area contributed by atoms with E-state index in [4.69, 9.17) is 5.41 Å². The molecular weight excluding hydrogens is 158 g/mol. The third-order valence-electron chi connectivity index (χ3n) is 2.31. The summed E-state index contributed by atoms with van der Waals surface area (Å²) < 4.78 is 0. The molecule has 0 radical (unpaired) electrons. The van der Waals surface area contributed by atoms with E-state index in [0.29, 0.717) is 0 Å². The van der Waals surface area contributed by atoms with Crippen molar-refractivity contribution < 1.29 is 0 Å². The van der Waals surface area contributed by atoms with Gasteiger partial charge in [-0.25, -0.2) is 0 Å². The fourth-order valence-electron chi connectivity index (χ4n) is 1.37. The molecule has 13 heavy (non-hydrogen) atoms. The van der Waals surface area contributed by atoms with E-state index in [1.54, 1.807) is 0 Å². The van der Waals surface area contributed by atoms with Crippen LogP contribution in [-0.4, -0.2) is 6.21 Å². The van der Waals surface area contributed by atoms with Crippen molar-refractivity contribution in [1.82, 2.24) is 0 Å². The standard InChI is InChI=1S/C12H15N/c1-4-5-12-10(3)9(2)6-7-11(12)8-13/h4-8,13H,1-3H3/b5-4-,13-8?. The highest BCUT2D eigenvalue weighted by Gasteiger charge is 2.02. The maximum absolute atomic E-state index is 7.27. The lowest BCUT2D eigenvalue weighted by Crippen LogP contribution is -1.92. The van der Waals surface area contributed by atoms with Crippen molar-refractivity contribution >= 4 is 12.3 Å². The Morgan fingerprint density at radius 2 is 1.92 bits per heavy atom. The first-order valence-corrected chi connectivity index (χ1v) is 4.44. The van der Waals surface area contributed by atoms with E-state index >= 15 is 0 Å². The fourth-order valence-corrected chi connectivity index (χ4v) is 1.37. The minimum absolute atomic E-state index is 0.987. The summed E-state index contributed by atoms with van der Waals surface area (Å²) in [6.07, 6.45) is 5.47. The predicted octanol–water partition coefficient (Wildman–Crippen LogP) is 3.33. The molecule has 1 aromatic rings. The van der Waals surface area contributed by atoms with Crippen molar-refractivity contribution in [3.05, 3.63) is 40.5 Å². The molecule has 0 fully saturated rings. The van der Waals surface area contributed by atoms with Gasteiger partial charge < -0.3 is 5.41 Å². The molecule has 1 nitrogen and oxygen atoms in total. The van der Waals surface area contributed by atoms with E-state index < -0.39 is 0 Å². The summed E-state index contributed by atoms with van der Waals surface area (Å²) in [5.74, 6) is 0. The van der Waals surface area contributed by atoms with Crippen LogP contribution in [0.2, 0.25) is 0 Å². The van der Waals surface area contributed by atoms with Crippen LogP contribution in [0.15, 0.2) is 18.2 Å². The molecule has 0 amide bonds. The van der Waals surface area contributed by atoms with E-state index in [2.05, 4.69) is 26.0 Å². The van der Waals surface area contributed by atoms with Crippen molar-refractivity contribution in [1.29, 1.82) is 5.41 Å². The Morgan fingerprint density at radius 1 is 1.23 bits per heavy atom. The summed E-state index contributed by atoms with van der Waals surface area (Å²) >= 11 is 0. The Bertz CT molecular complexity index is 348. The van der Waals surface area contributed by atoms with Crippen LogP contribution in [0.25, 0.3) is 6.08 Å². The molecule has 0 saturated heterocycles. The van der Waals surface area contributed by atoms with Gasteiger partial charge in [0.15, 0.2) is 0 Å². The van der Waals surface area contributed by atoms with Gasteiger partial charge in [0, 0.05) is 6.21 Å². The first kappa shape index (κ1) is 9.72. The Kier molecular flexibility index (Phi) is 3.02. The lowest BCUT2D eigenvalue weighted by molar-refractivity contribution is 1.31. The summed E-state index contributed by atoms with van der Waals surface area (Å²) in [5.41, 5.74) is 4.69. The van der Waals surface area contributed by atoms with Gasteiger partial charge in [-0.15, -0.1) is 0 Å². The third kappa shape index (κ3) is 1.86. The zero-order valence-electron chi connectivity index (χ0n) is 8.39. The molecule has 1 N–H and O–H groups in total. The second-order valence-electron chi connectivity index (χ2n) is 3.15. The smallest absolute Gasteiger partial charge is 0.0256 e. The highest BCUT2D eigenvalue weighted by molar-refractivity contribution is 5.84. The van der Waals surface area contributed by atoms with Gasteiger partial charge in [0.25, 0.3) is 0 Å². The van der Waals surface area contributed by atoms with E-state index in [9.17, 15) is 0 Å². The van der Waals surface area contributed by atoms with E-state index in [1.807, 2.05) is 19.1 Å². The summed E-state index contributed by atoms with van der Waals surface area (Å²) in [5, 5.41) is 7.27. The number of rotatable bonds is 2. The molecule has 1 aromatic carbocycles. The molecule has 0 aliphatic carbocycles. The molecule has 0 aliphatic rings. The molecule has 1 heteroatoms. The molecule has 0 bridgehead atoms. The van der Waals surface area contributed by atoms with Gasteiger partial charge in [0.05, 0.1) is 0 Å². The van der Waals surface area contributed by atoms with Crippen molar-refractivity contribution in [2.45, 2.75) is 20.8 Å². The molecule has 0 atom stereocenters. The predicted molar refractivity (Wildman–Crippen MR) is 58.5 cm³/mol. The maximum atomic E-state index is 7.27. The third-order valence-corrected chi connectivity index (χ3v) is 2.31. The van der Waals surface area contributed by atoms with Crippen LogP contribution in [0, 0.1) is 19.3 Å². The minimum Gasteiger partial charge on any atom is -0.308 e. The first-order chi connectivity index (χ1) is 6.20. The Balaban J connectivity index is 3.40. The van der Waals surface area contributed by atoms with Crippen LogP contribution in [0.3, 0.4) is 0 Å². The van der Waals surface area contributed by atoms with Crippen LogP contribution in [0.1, 0.15) is 29.2 Å². The number of hydrogen-bond acceptors (Lipinski definition) is 1. The van der Waals surface area contributed by atoms with Gasteiger partial charge in [-0.05, 0) is 43.0 Å². The summed E-state index contributed by atoms with van der Waals surface area (Å²) in [7, 11) is 0. The van der Waals surface area contributed by atoms with Crippen molar-refractivity contribution in [2.75, 3.05) is 0 Å². The zero-order chi connectivity index (χ0) is 9.84. The van der Waals surface area contributed by atoms with Crippen molar-refractivity contribution in [3.63, 3.8) is 0 Å². The molecular formula is C12H15N. The largest absolute Gasteiger partial charge is 0.308 e. The monoisotopic (exact) mass is 173 g/mol. The molecule has 0 aliphatic heterocycles. The normalized spacial score (nSPS) is 10.7. The molecule has 0 unspecified atom stereocenters. The van der Waals surface area contributed by atoms with E-state index in [1.165, 1.54) is 17.3 Å². The van der Waals surface area contributed by atoms with E-state index in [0.717, 1.165) is 11.1 Å². The van der Waals surface area contributed by atoms with Crippen molar-refractivity contribution in [2.24, 2.45) is 0 Å². The van der Waals surface area contributed by atoms with Crippen LogP contribution in [-0.2, 0) is 0 Å². The molecule has 0 aromatic heterocycles. The zero-order valence-corrected chi connectivity index (χ0v) is 8.39. The van der Waals surface area contributed by atoms with Crippen LogP contribution in [0.4, 0.5) is 0 Å². The summed E-state index contributed by atoms with van der Waals surface area (Å²) in [6, 6.07) is 4.05. The summed E-state index contributed by atoms with van der Waals surface area (Å²) in [6.45, 7) is 6.18. The number of hydrogen-bond donors (Lipinski definition) is 1. The van der Waals surface area contributed by atoms with Gasteiger partial charge in [-0.3, -0.25) is 0 Å². The second kappa shape index (κ2) is 4.04. The minimum atomic E-state index is 0.987. The molecule has 0 heterocycles. The Labute approximate surface area is 79.6 Å². The number of aryl methyl sites for hydroxylation is 1. The van der Waals surface area contributed by atoms with Crippen molar-refractivity contribution in [3.8, 4) is 0 Å². The quantitative estimate of drug-likeness (QED) is 0.663. The van der Waals surface area contributed by atoms with Gasteiger partial charge in [0.2, 0.25) is 0 Å². The Hall–Kier alpha value is -1.37. The second-order valence-corrected chi connectivity index (χ2v) is 3.15. The first-order valence-electron chi connectivity index (χ1n) is 4.44. The van der Waals surface area contributed by atoms with Gasteiger partial charge in [-0.1, -0.05) is 24.3 Å². The van der Waals surface area contributed by atoms with Gasteiger partial charge in [0.1, 0.15) is 0 Å². The molecule has 68 valence electrons. The van der Waals surface area contributed by atoms with Crippen LogP contribution < -0.4 is 0 Å². The topological polar surface area (TPSA) is 23.9 Å². The SMILES string of the molecule is C/C=C\c1c(C=N)ccc(C)c1C. The lowest BCUT2D eigenvalue weighted by Gasteiger charge is -2.07. The average Bonchev–Trinajstić information content (AvgIpc) is 2.14. The lowest BCUT2D eigenvalue weighted by atomic mass is 9.98. The highest BCUT2D eigenvalue weighted by atomic mass is 14.3. The maximum Gasteiger partial charge on any atom is 0.0256 e. The number of allylic oxidation sites excluding steroid dienone is 1. The van der Waals surface area contributed by atoms with E-state index in [-0.39, 0.29) is 0 Å². The van der Waals surface area contributed by atoms with Gasteiger partial charge >= 0.3 is 0 Å². The molecule has 0 saturated carbocycles. The van der Waals surface area contributed by atoms with Crippen LogP contribution >= 0.6 is 0 Å². The molecule has 1 rings (SSSR count). The summed E-state index contributed by atoms with van der Waals surface area (Å²) in [4.78, 5) is 0. The number of nitrogens with one attached hydrogen (secondary N) is 1. The Morgan fingerprint density at radius 3 is 2.46 bits per heavy atom. The fraction of sp³-hybridized carbons (Fsp3) is 0.250. The van der Waals surface area contributed by atoms with Crippen LogP contribution in [0.5, 0.6) is 0 Å². The molecule has 0 spiro atoms. The number of benzene rings is 1. The highest BCUT2D eigenvalue weighted by Crippen LogP contribution is 2.18. The van der Waals surface area contributed by atoms with Gasteiger partial charge in [-0.2, -0.15) is 0 Å².